The number of nitrogens with one attached hydrogen (secondary N) is 1. The van der Waals surface area contributed by atoms with Gasteiger partial charge >= 0.3 is 0 Å². The minimum Gasteiger partial charge on any atom is -0.497 e. The van der Waals surface area contributed by atoms with Crippen LogP contribution in [0.15, 0.2) is 24.3 Å². The molecule has 1 heterocycles. The number of aromatic amines is 1. The predicted molar refractivity (Wildman–Crippen MR) is 70.6 cm³/mol. The van der Waals surface area contributed by atoms with Gasteiger partial charge in [0.25, 0.3) is 0 Å². The highest BCUT2D eigenvalue weighted by molar-refractivity contribution is 5.57. The average Bonchev–Trinajstić information content (AvgIpc) is 2.81. The summed E-state index contributed by atoms with van der Waals surface area (Å²) in [4.78, 5) is 8.04. The maximum absolute atomic E-state index is 5.97. The average molecular weight is 243 g/mol. The van der Waals surface area contributed by atoms with Crippen molar-refractivity contribution < 1.29 is 4.74 Å². The van der Waals surface area contributed by atoms with Gasteiger partial charge in [-0.05, 0) is 37.1 Å². The predicted octanol–water partition coefficient (Wildman–Crippen LogP) is 1.90. The van der Waals surface area contributed by atoms with E-state index in [9.17, 15) is 0 Å². The van der Waals surface area contributed by atoms with E-state index in [2.05, 4.69) is 9.97 Å². The van der Waals surface area contributed by atoms with Crippen LogP contribution in [0.25, 0.3) is 11.4 Å². The van der Waals surface area contributed by atoms with Gasteiger partial charge in [-0.25, -0.2) is 4.98 Å². The maximum Gasteiger partial charge on any atom is 0.137 e. The Bertz CT molecular complexity index is 545. The van der Waals surface area contributed by atoms with Gasteiger partial charge in [-0.3, -0.25) is 0 Å². The van der Waals surface area contributed by atoms with Gasteiger partial charge in [-0.2, -0.15) is 0 Å². The fraction of sp³-hybridized carbons (Fsp3) is 0.357. The molecular weight excluding hydrogens is 226 g/mol. The number of H-pyrrole nitrogens is 1. The van der Waals surface area contributed by atoms with Crippen LogP contribution in [0.4, 0.5) is 0 Å². The van der Waals surface area contributed by atoms with Gasteiger partial charge < -0.3 is 15.5 Å². The number of aromatic nitrogens is 2. The van der Waals surface area contributed by atoms with Crippen molar-refractivity contribution in [1.29, 1.82) is 0 Å². The molecule has 0 aliphatic heterocycles. The van der Waals surface area contributed by atoms with Crippen molar-refractivity contribution in [3.8, 4) is 17.1 Å². The zero-order chi connectivity index (χ0) is 12.5. The molecule has 4 nitrogen and oxygen atoms in total. The Kier molecular flexibility index (Phi) is 2.80. The lowest BCUT2D eigenvalue weighted by Crippen LogP contribution is -2.27. The number of benzene rings is 1. The Labute approximate surface area is 106 Å². The van der Waals surface area contributed by atoms with E-state index >= 15 is 0 Å². The summed E-state index contributed by atoms with van der Waals surface area (Å²) in [7, 11) is 1.67. The molecule has 0 radical (unpaired) electrons. The first-order valence-electron chi connectivity index (χ1n) is 6.24. The number of hydrogen-bond donors (Lipinski definition) is 2. The normalized spacial score (nSPS) is 18.4. The van der Waals surface area contributed by atoms with Crippen LogP contribution < -0.4 is 10.5 Å². The number of nitrogens with two attached hydrogens (primary N) is 1. The third kappa shape index (κ3) is 1.99. The molecule has 0 spiro atoms. The van der Waals surface area contributed by atoms with Crippen molar-refractivity contribution in [3.05, 3.63) is 35.7 Å². The fourth-order valence-electron chi connectivity index (χ4n) is 2.39. The van der Waals surface area contributed by atoms with Crippen molar-refractivity contribution in [2.45, 2.75) is 25.3 Å². The number of ether oxygens (including phenoxy) is 1. The zero-order valence-corrected chi connectivity index (χ0v) is 10.4. The first-order chi connectivity index (χ1) is 8.76. The third-order valence-electron chi connectivity index (χ3n) is 3.45. The summed E-state index contributed by atoms with van der Waals surface area (Å²) in [6.45, 7) is 0. The van der Waals surface area contributed by atoms with E-state index < -0.39 is 0 Å². The summed E-state index contributed by atoms with van der Waals surface area (Å²) in [5.41, 5.74) is 9.42. The molecular formula is C14H17N3O. The number of fused-ring (bicyclic) bond motifs is 1. The first kappa shape index (κ1) is 11.3. The lowest BCUT2D eigenvalue weighted by Gasteiger charge is -2.15. The van der Waals surface area contributed by atoms with E-state index in [0.29, 0.717) is 0 Å². The van der Waals surface area contributed by atoms with Crippen LogP contribution in [0, 0.1) is 0 Å². The third-order valence-corrected chi connectivity index (χ3v) is 3.45. The fourth-order valence-corrected chi connectivity index (χ4v) is 2.39. The summed E-state index contributed by atoms with van der Waals surface area (Å²) >= 11 is 0. The molecule has 1 unspecified atom stereocenters. The second-order valence-corrected chi connectivity index (χ2v) is 4.74. The molecule has 0 amide bonds. The van der Waals surface area contributed by atoms with E-state index in [1.54, 1.807) is 7.11 Å². The Hall–Kier alpha value is -1.81. The SMILES string of the molecule is COc1ccc(-c2nc3c([nH]2)CC(N)CC3)cc1. The minimum absolute atomic E-state index is 0.265. The van der Waals surface area contributed by atoms with Gasteiger partial charge in [0, 0.05) is 23.7 Å². The molecule has 4 heteroatoms. The number of nitrogens with zero attached hydrogens (tertiary/aromatic N) is 1. The van der Waals surface area contributed by atoms with E-state index in [-0.39, 0.29) is 6.04 Å². The second-order valence-electron chi connectivity index (χ2n) is 4.74. The van der Waals surface area contributed by atoms with Crippen molar-refractivity contribution >= 4 is 0 Å². The molecule has 0 saturated heterocycles. The number of imidazole rings is 1. The molecule has 1 aromatic carbocycles. The van der Waals surface area contributed by atoms with E-state index in [4.69, 9.17) is 10.5 Å². The van der Waals surface area contributed by atoms with E-state index in [1.165, 1.54) is 11.4 Å². The smallest absolute Gasteiger partial charge is 0.137 e. The molecule has 1 atom stereocenters. The molecule has 1 aliphatic carbocycles. The maximum atomic E-state index is 5.97. The van der Waals surface area contributed by atoms with E-state index in [0.717, 1.165) is 36.4 Å². The zero-order valence-electron chi connectivity index (χ0n) is 10.4. The van der Waals surface area contributed by atoms with Crippen LogP contribution in [0.3, 0.4) is 0 Å². The highest BCUT2D eigenvalue weighted by Crippen LogP contribution is 2.25. The van der Waals surface area contributed by atoms with Crippen LogP contribution in [-0.4, -0.2) is 23.1 Å². The molecule has 94 valence electrons. The lowest BCUT2D eigenvalue weighted by molar-refractivity contribution is 0.415. The molecule has 1 aliphatic rings. The summed E-state index contributed by atoms with van der Waals surface area (Å²) in [5, 5.41) is 0. The highest BCUT2D eigenvalue weighted by Gasteiger charge is 2.19. The molecule has 0 bridgehead atoms. The lowest BCUT2D eigenvalue weighted by atomic mass is 9.97. The number of rotatable bonds is 2. The Morgan fingerprint density at radius 1 is 1.33 bits per heavy atom. The number of methoxy groups -OCH3 is 1. The molecule has 3 N–H and O–H groups in total. The number of hydrogen-bond acceptors (Lipinski definition) is 3. The van der Waals surface area contributed by atoms with Crippen molar-refractivity contribution in [2.24, 2.45) is 5.73 Å². The van der Waals surface area contributed by atoms with E-state index in [1.807, 2.05) is 24.3 Å². The second kappa shape index (κ2) is 4.46. The van der Waals surface area contributed by atoms with Crippen molar-refractivity contribution in [3.63, 3.8) is 0 Å². The topological polar surface area (TPSA) is 63.9 Å². The summed E-state index contributed by atoms with van der Waals surface area (Å²) in [6, 6.07) is 8.19. The quantitative estimate of drug-likeness (QED) is 0.846. The van der Waals surface area contributed by atoms with Gasteiger partial charge in [-0.15, -0.1) is 0 Å². The number of aryl methyl sites for hydroxylation is 1. The monoisotopic (exact) mass is 243 g/mol. The summed E-state index contributed by atoms with van der Waals surface area (Å²) in [5.74, 6) is 1.79. The Morgan fingerprint density at radius 3 is 2.83 bits per heavy atom. The summed E-state index contributed by atoms with van der Waals surface area (Å²) in [6.07, 6.45) is 2.90. The van der Waals surface area contributed by atoms with Crippen molar-refractivity contribution in [1.82, 2.24) is 9.97 Å². The molecule has 18 heavy (non-hydrogen) atoms. The molecule has 0 saturated carbocycles. The van der Waals surface area contributed by atoms with Gasteiger partial charge in [0.15, 0.2) is 0 Å². The molecule has 1 aromatic heterocycles. The van der Waals surface area contributed by atoms with Gasteiger partial charge in [0.2, 0.25) is 0 Å². The van der Waals surface area contributed by atoms with Gasteiger partial charge in [0.1, 0.15) is 11.6 Å². The van der Waals surface area contributed by atoms with Gasteiger partial charge in [-0.1, -0.05) is 0 Å². The van der Waals surface area contributed by atoms with Crippen LogP contribution >= 0.6 is 0 Å². The standard InChI is InChI=1S/C14H17N3O/c1-18-11-5-2-9(3-6-11)14-16-12-7-4-10(15)8-13(12)17-14/h2-3,5-6,10H,4,7-8,15H2,1H3,(H,16,17). The summed E-state index contributed by atoms with van der Waals surface area (Å²) < 4.78 is 5.15. The van der Waals surface area contributed by atoms with Crippen LogP contribution in [0.2, 0.25) is 0 Å². The highest BCUT2D eigenvalue weighted by atomic mass is 16.5. The molecule has 2 aromatic rings. The Morgan fingerprint density at radius 2 is 2.11 bits per heavy atom. The van der Waals surface area contributed by atoms with Crippen LogP contribution in [0.1, 0.15) is 17.8 Å². The Balaban J connectivity index is 1.92. The van der Waals surface area contributed by atoms with Crippen molar-refractivity contribution in [2.75, 3.05) is 7.11 Å². The first-order valence-corrected chi connectivity index (χ1v) is 6.24. The van der Waals surface area contributed by atoms with Crippen LogP contribution in [0.5, 0.6) is 5.75 Å². The molecule has 3 rings (SSSR count). The van der Waals surface area contributed by atoms with Crippen LogP contribution in [-0.2, 0) is 12.8 Å². The minimum atomic E-state index is 0.265. The largest absolute Gasteiger partial charge is 0.497 e. The molecule has 0 fully saturated rings. The van der Waals surface area contributed by atoms with Gasteiger partial charge in [0.05, 0.1) is 12.8 Å².